The Labute approximate surface area is 110 Å². The SMILES string of the molecule is C=CCC1=C(C)[C@@H]2C3(CC[C@]2(C)CC1)OCCO3. The van der Waals surface area contributed by atoms with Gasteiger partial charge in [0.15, 0.2) is 5.79 Å². The Bertz CT molecular complexity index is 390. The van der Waals surface area contributed by atoms with Crippen molar-refractivity contribution in [2.24, 2.45) is 11.3 Å². The number of rotatable bonds is 2. The third kappa shape index (κ3) is 1.62. The summed E-state index contributed by atoms with van der Waals surface area (Å²) in [6.07, 6.45) is 7.84. The summed E-state index contributed by atoms with van der Waals surface area (Å²) in [6.45, 7) is 10.1. The van der Waals surface area contributed by atoms with Gasteiger partial charge in [-0.1, -0.05) is 24.1 Å². The molecule has 1 aliphatic heterocycles. The minimum atomic E-state index is -0.300. The molecule has 1 heterocycles. The molecule has 100 valence electrons. The van der Waals surface area contributed by atoms with E-state index in [1.54, 1.807) is 5.57 Å². The van der Waals surface area contributed by atoms with Crippen LogP contribution in [0.25, 0.3) is 0 Å². The van der Waals surface area contributed by atoms with Crippen molar-refractivity contribution < 1.29 is 9.47 Å². The molecule has 2 nitrogen and oxygen atoms in total. The van der Waals surface area contributed by atoms with E-state index in [0.29, 0.717) is 11.3 Å². The first-order valence-corrected chi connectivity index (χ1v) is 7.19. The van der Waals surface area contributed by atoms with Crippen molar-refractivity contribution >= 4 is 0 Å². The average Bonchev–Trinajstić information content (AvgIpc) is 2.92. The van der Waals surface area contributed by atoms with E-state index >= 15 is 0 Å². The van der Waals surface area contributed by atoms with Gasteiger partial charge in [-0.3, -0.25) is 0 Å². The summed E-state index contributed by atoms with van der Waals surface area (Å²) < 4.78 is 12.1. The lowest BCUT2D eigenvalue weighted by Gasteiger charge is -2.43. The van der Waals surface area contributed by atoms with Crippen LogP contribution in [0.4, 0.5) is 0 Å². The lowest BCUT2D eigenvalue weighted by Crippen LogP contribution is -2.42. The molecule has 1 saturated heterocycles. The van der Waals surface area contributed by atoms with Crippen LogP contribution in [0.3, 0.4) is 0 Å². The molecule has 3 rings (SSSR count). The van der Waals surface area contributed by atoms with Gasteiger partial charge in [-0.15, -0.1) is 6.58 Å². The van der Waals surface area contributed by atoms with Gasteiger partial charge < -0.3 is 9.47 Å². The predicted molar refractivity (Wildman–Crippen MR) is 72.2 cm³/mol. The standard InChI is InChI=1S/C16H24O2/c1-4-5-13-6-7-15(3)8-9-16(14(15)12(13)2)17-10-11-18-16/h4,14H,1,5-11H2,2-3H3/t14-,15-/m0/s1. The summed E-state index contributed by atoms with van der Waals surface area (Å²) in [6, 6.07) is 0. The average molecular weight is 248 g/mol. The lowest BCUT2D eigenvalue weighted by molar-refractivity contribution is -0.184. The summed E-state index contributed by atoms with van der Waals surface area (Å²) in [5.41, 5.74) is 3.45. The monoisotopic (exact) mass is 248 g/mol. The van der Waals surface area contributed by atoms with Crippen molar-refractivity contribution in [2.75, 3.05) is 13.2 Å². The van der Waals surface area contributed by atoms with Crippen LogP contribution >= 0.6 is 0 Å². The van der Waals surface area contributed by atoms with Crippen LogP contribution in [0, 0.1) is 11.3 Å². The maximum absolute atomic E-state index is 6.05. The van der Waals surface area contributed by atoms with E-state index in [1.807, 2.05) is 6.08 Å². The molecule has 0 unspecified atom stereocenters. The quantitative estimate of drug-likeness (QED) is 0.691. The van der Waals surface area contributed by atoms with Gasteiger partial charge in [-0.2, -0.15) is 0 Å². The Balaban J connectivity index is 2.00. The largest absolute Gasteiger partial charge is 0.347 e. The first-order chi connectivity index (χ1) is 8.61. The molecule has 0 aromatic heterocycles. The Morgan fingerprint density at radius 3 is 2.67 bits per heavy atom. The third-order valence-electron chi connectivity index (χ3n) is 5.34. The number of hydrogen-bond acceptors (Lipinski definition) is 2. The van der Waals surface area contributed by atoms with E-state index in [-0.39, 0.29) is 5.79 Å². The molecule has 2 atom stereocenters. The van der Waals surface area contributed by atoms with Gasteiger partial charge in [0.2, 0.25) is 0 Å². The maximum atomic E-state index is 6.05. The highest BCUT2D eigenvalue weighted by Crippen LogP contribution is 2.60. The minimum Gasteiger partial charge on any atom is -0.347 e. The zero-order valence-corrected chi connectivity index (χ0v) is 11.6. The summed E-state index contributed by atoms with van der Waals surface area (Å²) in [4.78, 5) is 0. The smallest absolute Gasteiger partial charge is 0.175 e. The van der Waals surface area contributed by atoms with Gasteiger partial charge >= 0.3 is 0 Å². The van der Waals surface area contributed by atoms with Gasteiger partial charge in [0.25, 0.3) is 0 Å². The second kappa shape index (κ2) is 4.21. The first-order valence-electron chi connectivity index (χ1n) is 7.19. The van der Waals surface area contributed by atoms with Gasteiger partial charge in [0.1, 0.15) is 0 Å². The fourth-order valence-corrected chi connectivity index (χ4v) is 4.46. The summed E-state index contributed by atoms with van der Waals surface area (Å²) >= 11 is 0. The summed E-state index contributed by atoms with van der Waals surface area (Å²) in [7, 11) is 0. The molecule has 1 spiro atoms. The normalized spacial score (nSPS) is 38.2. The van der Waals surface area contributed by atoms with Crippen LogP contribution in [0.1, 0.15) is 46.0 Å². The number of fused-ring (bicyclic) bond motifs is 2. The lowest BCUT2D eigenvalue weighted by atomic mass is 9.65. The van der Waals surface area contributed by atoms with Crippen molar-refractivity contribution in [3.63, 3.8) is 0 Å². The molecule has 0 radical (unpaired) electrons. The van der Waals surface area contributed by atoms with Gasteiger partial charge in [0, 0.05) is 12.3 Å². The number of ether oxygens (including phenoxy) is 2. The molecular weight excluding hydrogens is 224 g/mol. The predicted octanol–water partition coefficient (Wildman–Crippen LogP) is 3.83. The second-order valence-electron chi connectivity index (χ2n) is 6.38. The van der Waals surface area contributed by atoms with E-state index in [1.165, 1.54) is 24.8 Å². The molecule has 0 bridgehead atoms. The maximum Gasteiger partial charge on any atom is 0.175 e. The van der Waals surface area contributed by atoms with Gasteiger partial charge in [-0.25, -0.2) is 0 Å². The van der Waals surface area contributed by atoms with Crippen LogP contribution in [-0.4, -0.2) is 19.0 Å². The molecular formula is C16H24O2. The van der Waals surface area contributed by atoms with Crippen LogP contribution in [0.5, 0.6) is 0 Å². The Morgan fingerprint density at radius 2 is 2.00 bits per heavy atom. The van der Waals surface area contributed by atoms with Gasteiger partial charge in [0.05, 0.1) is 13.2 Å². The van der Waals surface area contributed by atoms with Crippen molar-refractivity contribution in [3.8, 4) is 0 Å². The van der Waals surface area contributed by atoms with Crippen LogP contribution in [0.2, 0.25) is 0 Å². The summed E-state index contributed by atoms with van der Waals surface area (Å²) in [5.74, 6) is 0.155. The van der Waals surface area contributed by atoms with E-state index in [0.717, 1.165) is 26.1 Å². The highest BCUT2D eigenvalue weighted by molar-refractivity contribution is 5.28. The van der Waals surface area contributed by atoms with Crippen LogP contribution in [-0.2, 0) is 9.47 Å². The van der Waals surface area contributed by atoms with Gasteiger partial charge in [-0.05, 0) is 38.0 Å². The van der Waals surface area contributed by atoms with E-state index in [9.17, 15) is 0 Å². The van der Waals surface area contributed by atoms with Crippen LogP contribution < -0.4 is 0 Å². The van der Waals surface area contributed by atoms with E-state index in [4.69, 9.17) is 9.47 Å². The second-order valence-corrected chi connectivity index (χ2v) is 6.38. The molecule has 0 amide bonds. The fraction of sp³-hybridized carbons (Fsp3) is 0.750. The molecule has 3 aliphatic rings. The molecule has 2 fully saturated rings. The van der Waals surface area contributed by atoms with E-state index in [2.05, 4.69) is 20.4 Å². The Morgan fingerprint density at radius 1 is 1.28 bits per heavy atom. The highest BCUT2D eigenvalue weighted by atomic mass is 16.7. The molecule has 0 aromatic rings. The number of hydrogen-bond donors (Lipinski definition) is 0. The van der Waals surface area contributed by atoms with Crippen LogP contribution in [0.15, 0.2) is 23.8 Å². The summed E-state index contributed by atoms with van der Waals surface area (Å²) in [5, 5.41) is 0. The third-order valence-corrected chi connectivity index (χ3v) is 5.34. The number of allylic oxidation sites excluding steroid dienone is 2. The first kappa shape index (κ1) is 12.4. The minimum absolute atomic E-state index is 0.300. The van der Waals surface area contributed by atoms with Crippen molar-refractivity contribution in [3.05, 3.63) is 23.8 Å². The molecule has 2 heteroatoms. The molecule has 0 N–H and O–H groups in total. The molecule has 1 saturated carbocycles. The molecule has 18 heavy (non-hydrogen) atoms. The van der Waals surface area contributed by atoms with Crippen molar-refractivity contribution in [1.82, 2.24) is 0 Å². The van der Waals surface area contributed by atoms with Crippen molar-refractivity contribution in [2.45, 2.75) is 51.7 Å². The highest BCUT2D eigenvalue weighted by Gasteiger charge is 2.59. The van der Waals surface area contributed by atoms with Crippen molar-refractivity contribution in [1.29, 1.82) is 0 Å². The zero-order chi connectivity index (χ0) is 12.8. The van der Waals surface area contributed by atoms with E-state index < -0.39 is 0 Å². The molecule has 0 aromatic carbocycles. The zero-order valence-electron chi connectivity index (χ0n) is 11.6. The molecule has 2 aliphatic carbocycles. The Hall–Kier alpha value is -0.600. The fourth-order valence-electron chi connectivity index (χ4n) is 4.46. The Kier molecular flexibility index (Phi) is 2.91. The topological polar surface area (TPSA) is 18.5 Å².